The van der Waals surface area contributed by atoms with Gasteiger partial charge in [0, 0.05) is 37.6 Å². The van der Waals surface area contributed by atoms with Crippen LogP contribution in [0.4, 0.5) is 5.69 Å². The second-order valence-corrected chi connectivity index (χ2v) is 7.44. The molecule has 1 atom stereocenters. The topological polar surface area (TPSA) is 123 Å². The number of anilines is 1. The molecule has 31 heavy (non-hydrogen) atoms. The van der Waals surface area contributed by atoms with Crippen LogP contribution in [-0.4, -0.2) is 57.0 Å². The van der Waals surface area contributed by atoms with Crippen molar-refractivity contribution in [2.45, 2.75) is 12.5 Å². The summed E-state index contributed by atoms with van der Waals surface area (Å²) in [6, 6.07) is 10.5. The van der Waals surface area contributed by atoms with Crippen molar-refractivity contribution < 1.29 is 19.9 Å². The third-order valence-electron chi connectivity index (χ3n) is 5.54. The molecule has 0 saturated carbocycles. The molecule has 2 aromatic carbocycles. The molecular formula is C22H21N4O5-. The first-order chi connectivity index (χ1) is 14.8. The monoisotopic (exact) mass is 421 g/mol. The van der Waals surface area contributed by atoms with E-state index in [1.54, 1.807) is 43.6 Å². The van der Waals surface area contributed by atoms with E-state index in [0.29, 0.717) is 22.0 Å². The van der Waals surface area contributed by atoms with Crippen LogP contribution in [0.2, 0.25) is 0 Å². The molecule has 0 unspecified atom stereocenters. The number of piperazine rings is 1. The van der Waals surface area contributed by atoms with Crippen molar-refractivity contribution in [1.29, 1.82) is 0 Å². The van der Waals surface area contributed by atoms with Crippen LogP contribution < -0.4 is 5.23 Å². The largest absolute Gasteiger partial charge is 0.733 e. The zero-order valence-electron chi connectivity index (χ0n) is 16.9. The van der Waals surface area contributed by atoms with Gasteiger partial charge in [0.15, 0.2) is 0 Å². The summed E-state index contributed by atoms with van der Waals surface area (Å²) in [7, 11) is 3.08. The van der Waals surface area contributed by atoms with Crippen molar-refractivity contribution in [3.8, 4) is 5.75 Å². The van der Waals surface area contributed by atoms with Crippen LogP contribution in [0.5, 0.6) is 5.75 Å². The van der Waals surface area contributed by atoms with Gasteiger partial charge in [0.2, 0.25) is 5.91 Å². The van der Waals surface area contributed by atoms with E-state index in [9.17, 15) is 25.1 Å². The predicted octanol–water partition coefficient (Wildman–Crippen LogP) is 2.45. The molecule has 1 aromatic heterocycles. The lowest BCUT2D eigenvalue weighted by Crippen LogP contribution is -2.56. The van der Waals surface area contributed by atoms with Gasteiger partial charge < -0.3 is 30.3 Å². The van der Waals surface area contributed by atoms with E-state index >= 15 is 0 Å². The Labute approximate surface area is 177 Å². The van der Waals surface area contributed by atoms with Crippen LogP contribution in [0.25, 0.3) is 17.0 Å². The van der Waals surface area contributed by atoms with E-state index in [1.807, 2.05) is 0 Å². The molecule has 3 N–H and O–H groups in total. The minimum absolute atomic E-state index is 0.0591. The van der Waals surface area contributed by atoms with E-state index in [0.717, 1.165) is 0 Å². The fourth-order valence-electron chi connectivity index (χ4n) is 3.89. The van der Waals surface area contributed by atoms with Crippen LogP contribution >= 0.6 is 0 Å². The maximum Gasteiger partial charge on any atom is 0.271 e. The van der Waals surface area contributed by atoms with E-state index in [2.05, 4.69) is 4.98 Å². The summed E-state index contributed by atoms with van der Waals surface area (Å²) in [5, 5.41) is 31.0. The number of amides is 2. The molecule has 1 fully saturated rings. The second kappa shape index (κ2) is 7.78. The Bertz CT molecular complexity index is 1200. The molecule has 1 aliphatic heterocycles. The standard InChI is InChI=1S/C22H21N4O5/c1-24-18(10-13-5-3-6-15(27)9-13)21(28)25(2)19(22(24)29)11-14-12-23-16-7-4-8-17(20(14)16)26(30)31/h3-10,12,19,23,27,30H,11H2,1-2H3/q-1/b18-10+/t19-/m0/s1. The summed E-state index contributed by atoms with van der Waals surface area (Å²) in [4.78, 5) is 31.9. The molecule has 1 saturated heterocycles. The van der Waals surface area contributed by atoms with Gasteiger partial charge in [-0.1, -0.05) is 18.2 Å². The molecule has 2 heterocycles. The van der Waals surface area contributed by atoms with Gasteiger partial charge in [0.1, 0.15) is 17.5 Å². The molecule has 9 nitrogen and oxygen atoms in total. The number of carbonyl (C=O) groups is 2. The Hall–Kier alpha value is -3.82. The molecule has 0 aliphatic carbocycles. The summed E-state index contributed by atoms with van der Waals surface area (Å²) in [6.45, 7) is 0. The lowest BCUT2D eigenvalue weighted by Gasteiger charge is -2.38. The maximum atomic E-state index is 13.1. The smallest absolute Gasteiger partial charge is 0.271 e. The minimum atomic E-state index is -0.787. The Balaban J connectivity index is 1.67. The first-order valence-corrected chi connectivity index (χ1v) is 9.58. The highest BCUT2D eigenvalue weighted by molar-refractivity contribution is 6.07. The highest BCUT2D eigenvalue weighted by Gasteiger charge is 2.39. The predicted molar refractivity (Wildman–Crippen MR) is 115 cm³/mol. The van der Waals surface area contributed by atoms with Gasteiger partial charge in [0.05, 0.1) is 5.69 Å². The number of H-pyrrole nitrogens is 1. The van der Waals surface area contributed by atoms with Crippen molar-refractivity contribution in [2.24, 2.45) is 0 Å². The molecule has 160 valence electrons. The fourth-order valence-corrected chi connectivity index (χ4v) is 3.89. The van der Waals surface area contributed by atoms with Gasteiger partial charge in [-0.2, -0.15) is 0 Å². The van der Waals surface area contributed by atoms with Crippen LogP contribution in [0, 0.1) is 5.21 Å². The van der Waals surface area contributed by atoms with E-state index in [-0.39, 0.29) is 40.6 Å². The van der Waals surface area contributed by atoms with E-state index in [4.69, 9.17) is 0 Å². The first kappa shape index (κ1) is 20.5. The summed E-state index contributed by atoms with van der Waals surface area (Å²) < 4.78 is 0. The Morgan fingerprint density at radius 2 is 1.94 bits per heavy atom. The summed E-state index contributed by atoms with van der Waals surface area (Å²) in [5.41, 5.74) is 2.11. The Morgan fingerprint density at radius 3 is 2.65 bits per heavy atom. The third-order valence-corrected chi connectivity index (χ3v) is 5.54. The van der Waals surface area contributed by atoms with Gasteiger partial charge >= 0.3 is 0 Å². The number of hydrogen-bond acceptors (Lipinski definition) is 6. The number of aromatic amines is 1. The summed E-state index contributed by atoms with van der Waals surface area (Å²) in [6.07, 6.45) is 3.38. The van der Waals surface area contributed by atoms with Crippen molar-refractivity contribution in [2.75, 3.05) is 19.3 Å². The number of hydrogen-bond donors (Lipinski definition) is 3. The van der Waals surface area contributed by atoms with Gasteiger partial charge in [-0.25, -0.2) is 0 Å². The molecule has 3 aromatic rings. The number of benzene rings is 2. The Morgan fingerprint density at radius 1 is 1.19 bits per heavy atom. The number of nitrogens with zero attached hydrogens (tertiary/aromatic N) is 3. The molecule has 0 radical (unpaired) electrons. The maximum absolute atomic E-state index is 13.1. The number of likely N-dealkylation sites (N-methyl/N-ethyl adjacent to an activating group) is 2. The highest BCUT2D eigenvalue weighted by atomic mass is 16.8. The van der Waals surface area contributed by atoms with E-state index in [1.165, 1.54) is 35.0 Å². The van der Waals surface area contributed by atoms with Gasteiger partial charge in [-0.15, -0.1) is 0 Å². The lowest BCUT2D eigenvalue weighted by molar-refractivity contribution is -0.148. The van der Waals surface area contributed by atoms with E-state index < -0.39 is 6.04 Å². The van der Waals surface area contributed by atoms with Crippen molar-refractivity contribution in [3.63, 3.8) is 0 Å². The number of rotatable bonds is 4. The van der Waals surface area contributed by atoms with Gasteiger partial charge in [0.25, 0.3) is 5.91 Å². The quantitative estimate of drug-likeness (QED) is 0.439. The molecule has 0 spiro atoms. The van der Waals surface area contributed by atoms with Crippen molar-refractivity contribution >= 4 is 34.5 Å². The number of phenolic OH excluding ortho intramolecular Hbond substituents is 1. The number of fused-ring (bicyclic) bond motifs is 1. The lowest BCUT2D eigenvalue weighted by atomic mass is 9.99. The zero-order valence-corrected chi connectivity index (χ0v) is 16.9. The average molecular weight is 421 g/mol. The Kier molecular flexibility index (Phi) is 5.14. The van der Waals surface area contributed by atoms with Gasteiger partial charge in [-0.05, 0) is 41.5 Å². The zero-order chi connectivity index (χ0) is 22.3. The molecule has 4 rings (SSSR count). The average Bonchev–Trinajstić information content (AvgIpc) is 3.16. The number of carbonyl (C=O) groups excluding carboxylic acids is 2. The fraction of sp³-hybridized carbons (Fsp3) is 0.182. The van der Waals surface area contributed by atoms with Crippen LogP contribution in [0.15, 0.2) is 54.4 Å². The van der Waals surface area contributed by atoms with Gasteiger partial charge in [-0.3, -0.25) is 14.8 Å². The highest BCUT2D eigenvalue weighted by Crippen LogP contribution is 2.31. The van der Waals surface area contributed by atoms with Crippen molar-refractivity contribution in [1.82, 2.24) is 14.8 Å². The SMILES string of the molecule is CN1C(=O)[C@H](Cc2c[nH]c3cccc(N([O-])O)c23)N(C)C(=O)/C1=C\c1cccc(O)c1. The molecule has 0 bridgehead atoms. The number of aromatic nitrogens is 1. The summed E-state index contributed by atoms with van der Waals surface area (Å²) >= 11 is 0. The van der Waals surface area contributed by atoms with Crippen LogP contribution in [-0.2, 0) is 16.0 Å². The number of aromatic hydroxyl groups is 1. The summed E-state index contributed by atoms with van der Waals surface area (Å²) in [5.74, 6) is -0.573. The molecule has 2 amide bonds. The molecular weight excluding hydrogens is 400 g/mol. The van der Waals surface area contributed by atoms with Crippen LogP contribution in [0.1, 0.15) is 11.1 Å². The minimum Gasteiger partial charge on any atom is -0.733 e. The molecule has 9 heteroatoms. The second-order valence-electron chi connectivity index (χ2n) is 7.44. The number of phenols is 1. The third kappa shape index (κ3) is 3.60. The van der Waals surface area contributed by atoms with Crippen LogP contribution in [0.3, 0.4) is 0 Å². The van der Waals surface area contributed by atoms with Crippen molar-refractivity contribution in [3.05, 3.63) is 70.7 Å². The normalized spacial score (nSPS) is 18.3. The first-order valence-electron chi connectivity index (χ1n) is 9.58. The molecule has 1 aliphatic rings. The number of nitrogens with one attached hydrogen (secondary N) is 1.